The smallest absolute Gasteiger partial charge is 0.163 e. The van der Waals surface area contributed by atoms with Crippen molar-refractivity contribution in [2.24, 2.45) is 0 Å². The lowest BCUT2D eigenvalue weighted by atomic mass is 10.2. The van der Waals surface area contributed by atoms with E-state index in [0.717, 1.165) is 9.79 Å². The van der Waals surface area contributed by atoms with Gasteiger partial charge in [0, 0.05) is 27.6 Å². The van der Waals surface area contributed by atoms with Gasteiger partial charge in [-0.1, -0.05) is 11.8 Å². The number of ether oxygens (including phenoxy) is 2. The molecule has 0 bridgehead atoms. The van der Waals surface area contributed by atoms with Crippen LogP contribution in [0.15, 0.2) is 46.2 Å². The number of fused-ring (bicyclic) bond motifs is 1. The highest BCUT2D eigenvalue weighted by atomic mass is 32.2. The van der Waals surface area contributed by atoms with Crippen LogP contribution >= 0.6 is 11.8 Å². The Labute approximate surface area is 114 Å². The molecule has 19 heavy (non-hydrogen) atoms. The standard InChI is InChI=1S/C14H12FNO2S/c15-9-1-3-10(4-2-9)19-14-8-13-12(7-11(14)16)17-5-6-18-13/h1-4,7-8H,5-6,16H2. The number of anilines is 1. The second-order valence-electron chi connectivity index (χ2n) is 4.09. The zero-order valence-electron chi connectivity index (χ0n) is 10.1. The van der Waals surface area contributed by atoms with Crippen LogP contribution in [0.2, 0.25) is 0 Å². The predicted molar refractivity (Wildman–Crippen MR) is 72.4 cm³/mol. The largest absolute Gasteiger partial charge is 0.486 e. The maximum atomic E-state index is 12.9. The van der Waals surface area contributed by atoms with Crippen molar-refractivity contribution >= 4 is 17.4 Å². The molecule has 2 aromatic rings. The van der Waals surface area contributed by atoms with E-state index >= 15 is 0 Å². The van der Waals surface area contributed by atoms with E-state index in [0.29, 0.717) is 30.4 Å². The third-order valence-electron chi connectivity index (χ3n) is 2.72. The van der Waals surface area contributed by atoms with E-state index in [1.165, 1.54) is 23.9 Å². The lowest BCUT2D eigenvalue weighted by Crippen LogP contribution is -2.15. The van der Waals surface area contributed by atoms with Gasteiger partial charge < -0.3 is 15.2 Å². The third-order valence-corrected chi connectivity index (χ3v) is 3.80. The lowest BCUT2D eigenvalue weighted by molar-refractivity contribution is 0.171. The Hall–Kier alpha value is -1.88. The van der Waals surface area contributed by atoms with Crippen molar-refractivity contribution in [3.8, 4) is 11.5 Å². The van der Waals surface area contributed by atoms with Crippen LogP contribution in [-0.4, -0.2) is 13.2 Å². The minimum Gasteiger partial charge on any atom is -0.486 e. The maximum Gasteiger partial charge on any atom is 0.163 e. The summed E-state index contributed by atoms with van der Waals surface area (Å²) in [4.78, 5) is 1.79. The summed E-state index contributed by atoms with van der Waals surface area (Å²) < 4.78 is 23.8. The summed E-state index contributed by atoms with van der Waals surface area (Å²) in [5, 5.41) is 0. The Morgan fingerprint density at radius 2 is 1.63 bits per heavy atom. The van der Waals surface area contributed by atoms with Gasteiger partial charge in [0.05, 0.1) is 0 Å². The molecule has 0 amide bonds. The van der Waals surface area contributed by atoms with Crippen LogP contribution in [-0.2, 0) is 0 Å². The van der Waals surface area contributed by atoms with Gasteiger partial charge in [0.2, 0.25) is 0 Å². The summed E-state index contributed by atoms with van der Waals surface area (Å²) in [5.41, 5.74) is 6.62. The van der Waals surface area contributed by atoms with Gasteiger partial charge in [-0.15, -0.1) is 0 Å². The Kier molecular flexibility index (Phi) is 3.21. The third kappa shape index (κ3) is 2.61. The normalized spacial score (nSPS) is 13.3. The molecule has 5 heteroatoms. The first-order valence-corrected chi connectivity index (χ1v) is 6.66. The fourth-order valence-corrected chi connectivity index (χ4v) is 2.67. The molecule has 0 aliphatic carbocycles. The molecule has 0 radical (unpaired) electrons. The minimum atomic E-state index is -0.250. The van der Waals surface area contributed by atoms with Crippen LogP contribution in [0.1, 0.15) is 0 Å². The van der Waals surface area contributed by atoms with E-state index in [4.69, 9.17) is 15.2 Å². The molecule has 1 aliphatic heterocycles. The lowest BCUT2D eigenvalue weighted by Gasteiger charge is -2.20. The molecular formula is C14H12FNO2S. The van der Waals surface area contributed by atoms with Crippen LogP contribution in [0.25, 0.3) is 0 Å². The number of nitrogens with two attached hydrogens (primary N) is 1. The van der Waals surface area contributed by atoms with E-state index in [2.05, 4.69) is 0 Å². The summed E-state index contributed by atoms with van der Waals surface area (Å²) in [6.45, 7) is 1.08. The molecular weight excluding hydrogens is 265 g/mol. The fourth-order valence-electron chi connectivity index (χ4n) is 1.80. The molecule has 0 atom stereocenters. The zero-order valence-corrected chi connectivity index (χ0v) is 10.9. The highest BCUT2D eigenvalue weighted by molar-refractivity contribution is 7.99. The summed E-state index contributed by atoms with van der Waals surface area (Å²) in [5.74, 6) is 1.12. The van der Waals surface area contributed by atoms with Gasteiger partial charge in [-0.05, 0) is 24.3 Å². The molecule has 98 valence electrons. The van der Waals surface area contributed by atoms with Crippen molar-refractivity contribution < 1.29 is 13.9 Å². The second-order valence-corrected chi connectivity index (χ2v) is 5.21. The van der Waals surface area contributed by atoms with Crippen LogP contribution in [0.3, 0.4) is 0 Å². The van der Waals surface area contributed by atoms with E-state index < -0.39 is 0 Å². The Morgan fingerprint density at radius 3 is 2.32 bits per heavy atom. The first-order valence-electron chi connectivity index (χ1n) is 5.85. The average molecular weight is 277 g/mol. The van der Waals surface area contributed by atoms with Crippen molar-refractivity contribution in [2.45, 2.75) is 9.79 Å². The van der Waals surface area contributed by atoms with Gasteiger partial charge in [-0.3, -0.25) is 0 Å². The summed E-state index contributed by atoms with van der Waals surface area (Å²) in [6, 6.07) is 9.91. The fraction of sp³-hybridized carbons (Fsp3) is 0.143. The quantitative estimate of drug-likeness (QED) is 0.855. The molecule has 1 heterocycles. The van der Waals surface area contributed by atoms with Crippen LogP contribution in [0, 0.1) is 5.82 Å². The Balaban J connectivity index is 1.90. The number of hydrogen-bond donors (Lipinski definition) is 1. The number of halogens is 1. The van der Waals surface area contributed by atoms with E-state index in [-0.39, 0.29) is 5.82 Å². The number of rotatable bonds is 2. The molecule has 0 saturated carbocycles. The molecule has 3 nitrogen and oxygen atoms in total. The Bertz CT molecular complexity index is 601. The topological polar surface area (TPSA) is 44.5 Å². The van der Waals surface area contributed by atoms with Gasteiger partial charge in [0.25, 0.3) is 0 Å². The first-order chi connectivity index (χ1) is 9.22. The number of benzene rings is 2. The SMILES string of the molecule is Nc1cc2c(cc1Sc1ccc(F)cc1)OCCO2. The molecule has 0 saturated heterocycles. The Morgan fingerprint density at radius 1 is 1.00 bits per heavy atom. The molecule has 3 rings (SSSR count). The summed E-state index contributed by atoms with van der Waals surface area (Å²) in [7, 11) is 0. The van der Waals surface area contributed by atoms with Gasteiger partial charge in [-0.2, -0.15) is 0 Å². The van der Waals surface area contributed by atoms with Crippen molar-refractivity contribution in [2.75, 3.05) is 18.9 Å². The van der Waals surface area contributed by atoms with Crippen molar-refractivity contribution in [1.82, 2.24) is 0 Å². The predicted octanol–water partition coefficient (Wildman–Crippen LogP) is 3.33. The summed E-state index contributed by atoms with van der Waals surface area (Å²) >= 11 is 1.47. The molecule has 0 aromatic heterocycles. The maximum absolute atomic E-state index is 12.9. The molecule has 2 N–H and O–H groups in total. The van der Waals surface area contributed by atoms with E-state index in [9.17, 15) is 4.39 Å². The number of nitrogen functional groups attached to an aromatic ring is 1. The highest BCUT2D eigenvalue weighted by Crippen LogP contribution is 2.40. The average Bonchev–Trinajstić information content (AvgIpc) is 2.42. The monoisotopic (exact) mass is 277 g/mol. The minimum absolute atomic E-state index is 0.250. The first kappa shape index (κ1) is 12.2. The molecule has 2 aromatic carbocycles. The van der Waals surface area contributed by atoms with E-state index in [1.54, 1.807) is 18.2 Å². The van der Waals surface area contributed by atoms with Crippen molar-refractivity contribution in [3.63, 3.8) is 0 Å². The zero-order chi connectivity index (χ0) is 13.2. The summed E-state index contributed by atoms with van der Waals surface area (Å²) in [6.07, 6.45) is 0. The van der Waals surface area contributed by atoms with Gasteiger partial charge in [-0.25, -0.2) is 4.39 Å². The van der Waals surface area contributed by atoms with Crippen LogP contribution in [0.4, 0.5) is 10.1 Å². The van der Waals surface area contributed by atoms with Crippen LogP contribution < -0.4 is 15.2 Å². The van der Waals surface area contributed by atoms with Gasteiger partial charge in [0.15, 0.2) is 11.5 Å². The van der Waals surface area contributed by atoms with Crippen molar-refractivity contribution in [1.29, 1.82) is 0 Å². The molecule has 1 aliphatic rings. The van der Waals surface area contributed by atoms with Gasteiger partial charge in [0.1, 0.15) is 19.0 Å². The molecule has 0 unspecified atom stereocenters. The van der Waals surface area contributed by atoms with Gasteiger partial charge >= 0.3 is 0 Å². The van der Waals surface area contributed by atoms with E-state index in [1.807, 2.05) is 6.07 Å². The number of hydrogen-bond acceptors (Lipinski definition) is 4. The molecule has 0 spiro atoms. The second kappa shape index (κ2) is 5.01. The van der Waals surface area contributed by atoms with Crippen molar-refractivity contribution in [3.05, 3.63) is 42.2 Å². The molecule has 0 fully saturated rings. The van der Waals surface area contributed by atoms with Crippen LogP contribution in [0.5, 0.6) is 11.5 Å². The highest BCUT2D eigenvalue weighted by Gasteiger charge is 2.15.